The minimum atomic E-state index is -0.0368. The van der Waals surface area contributed by atoms with Gasteiger partial charge in [0.25, 0.3) is 0 Å². The van der Waals surface area contributed by atoms with Gasteiger partial charge in [0, 0.05) is 11.7 Å². The predicted octanol–water partition coefficient (Wildman–Crippen LogP) is 3.21. The third-order valence-corrected chi connectivity index (χ3v) is 4.04. The normalized spacial score (nSPS) is 10.9. The molecule has 0 radical (unpaired) electrons. The van der Waals surface area contributed by atoms with Crippen LogP contribution in [0.5, 0.6) is 0 Å². The number of benzene rings is 1. The number of hydrogen-bond acceptors (Lipinski definition) is 4. The van der Waals surface area contributed by atoms with E-state index in [2.05, 4.69) is 35.4 Å². The van der Waals surface area contributed by atoms with E-state index >= 15 is 0 Å². The average molecular weight is 304 g/mol. The molecule has 0 aliphatic rings. The molecule has 21 heavy (non-hydrogen) atoms. The van der Waals surface area contributed by atoms with Crippen molar-refractivity contribution in [1.82, 2.24) is 14.8 Å². The lowest BCUT2D eigenvalue weighted by atomic mass is 10.1. The number of carbonyl (C=O) groups excluding carboxylic acids is 1. The molecule has 2 aromatic rings. The van der Waals surface area contributed by atoms with E-state index < -0.39 is 0 Å². The number of nitrogens with zero attached hydrogens (tertiary/aromatic N) is 3. The van der Waals surface area contributed by atoms with Crippen molar-refractivity contribution in [3.05, 3.63) is 35.7 Å². The van der Waals surface area contributed by atoms with Crippen LogP contribution >= 0.6 is 11.8 Å². The highest BCUT2D eigenvalue weighted by Crippen LogP contribution is 2.20. The van der Waals surface area contributed by atoms with Crippen LogP contribution < -0.4 is 5.32 Å². The van der Waals surface area contributed by atoms with Crippen LogP contribution in [0.3, 0.4) is 0 Å². The van der Waals surface area contributed by atoms with Crippen molar-refractivity contribution < 1.29 is 4.79 Å². The van der Waals surface area contributed by atoms with Gasteiger partial charge in [-0.2, -0.15) is 0 Å². The summed E-state index contributed by atoms with van der Waals surface area (Å²) < 4.78 is 1.95. The highest BCUT2D eigenvalue weighted by Gasteiger charge is 2.11. The molecule has 0 aliphatic heterocycles. The molecule has 1 aromatic heterocycles. The Morgan fingerprint density at radius 3 is 2.81 bits per heavy atom. The smallest absolute Gasteiger partial charge is 0.234 e. The second-order valence-corrected chi connectivity index (χ2v) is 6.21. The molecule has 0 spiro atoms. The van der Waals surface area contributed by atoms with Gasteiger partial charge in [-0.3, -0.25) is 4.79 Å². The summed E-state index contributed by atoms with van der Waals surface area (Å²) in [5.74, 6) is 0.281. The molecule has 6 heteroatoms. The van der Waals surface area contributed by atoms with Crippen molar-refractivity contribution in [1.29, 1.82) is 0 Å². The lowest BCUT2D eigenvalue weighted by Gasteiger charge is -2.10. The third-order valence-electron chi connectivity index (χ3n) is 3.08. The van der Waals surface area contributed by atoms with Crippen LogP contribution in [-0.2, 0) is 4.79 Å². The van der Waals surface area contributed by atoms with Gasteiger partial charge in [0.05, 0.1) is 5.75 Å². The first-order valence-electron chi connectivity index (χ1n) is 6.87. The van der Waals surface area contributed by atoms with Gasteiger partial charge in [-0.1, -0.05) is 29.5 Å². The molecule has 1 heterocycles. The second kappa shape index (κ2) is 6.76. The van der Waals surface area contributed by atoms with E-state index in [1.165, 1.54) is 17.3 Å². The SMILES string of the molecule is Cc1ccc(NC(=O)CSc2nncn2C(C)C)c(C)c1. The summed E-state index contributed by atoms with van der Waals surface area (Å²) in [6.45, 7) is 8.14. The molecule has 1 amide bonds. The molecule has 0 saturated carbocycles. The van der Waals surface area contributed by atoms with E-state index in [1.807, 2.05) is 30.5 Å². The standard InChI is InChI=1S/C15H20N4OS/c1-10(2)19-9-16-18-15(19)21-8-14(20)17-13-6-5-11(3)7-12(13)4/h5-7,9-10H,8H2,1-4H3,(H,17,20). The number of hydrogen-bond donors (Lipinski definition) is 1. The van der Waals surface area contributed by atoms with Crippen molar-refractivity contribution in [2.24, 2.45) is 0 Å². The van der Waals surface area contributed by atoms with Gasteiger partial charge in [-0.05, 0) is 39.3 Å². The fraction of sp³-hybridized carbons (Fsp3) is 0.400. The topological polar surface area (TPSA) is 59.8 Å². The Morgan fingerprint density at radius 2 is 2.14 bits per heavy atom. The lowest BCUT2D eigenvalue weighted by Crippen LogP contribution is -2.15. The molecule has 1 aromatic carbocycles. The van der Waals surface area contributed by atoms with Crippen molar-refractivity contribution in [3.8, 4) is 0 Å². The van der Waals surface area contributed by atoms with E-state index in [4.69, 9.17) is 0 Å². The Kier molecular flexibility index (Phi) is 5.01. The Labute approximate surface area is 129 Å². The van der Waals surface area contributed by atoms with Gasteiger partial charge in [-0.25, -0.2) is 0 Å². The maximum atomic E-state index is 12.0. The fourth-order valence-corrected chi connectivity index (χ4v) is 2.80. The molecular weight excluding hydrogens is 284 g/mol. The highest BCUT2D eigenvalue weighted by atomic mass is 32.2. The van der Waals surface area contributed by atoms with Crippen molar-refractivity contribution >= 4 is 23.4 Å². The zero-order valence-electron chi connectivity index (χ0n) is 12.8. The van der Waals surface area contributed by atoms with Crippen molar-refractivity contribution in [2.45, 2.75) is 38.9 Å². The summed E-state index contributed by atoms with van der Waals surface area (Å²) in [6.07, 6.45) is 1.69. The van der Waals surface area contributed by atoms with Gasteiger partial charge in [-0.15, -0.1) is 10.2 Å². The Balaban J connectivity index is 1.94. The van der Waals surface area contributed by atoms with E-state index in [-0.39, 0.29) is 11.9 Å². The van der Waals surface area contributed by atoms with E-state index in [0.717, 1.165) is 16.4 Å². The summed E-state index contributed by atoms with van der Waals surface area (Å²) >= 11 is 1.40. The largest absolute Gasteiger partial charge is 0.325 e. The number of anilines is 1. The van der Waals surface area contributed by atoms with Gasteiger partial charge in [0.2, 0.25) is 5.91 Å². The zero-order chi connectivity index (χ0) is 15.4. The maximum absolute atomic E-state index is 12.0. The monoisotopic (exact) mass is 304 g/mol. The zero-order valence-corrected chi connectivity index (χ0v) is 13.6. The first-order chi connectivity index (χ1) is 9.97. The molecule has 0 bridgehead atoms. The van der Waals surface area contributed by atoms with Crippen molar-refractivity contribution in [2.75, 3.05) is 11.1 Å². The molecule has 0 unspecified atom stereocenters. The number of aryl methyl sites for hydroxylation is 2. The van der Waals surface area contributed by atoms with Gasteiger partial charge >= 0.3 is 0 Å². The van der Waals surface area contributed by atoms with Crippen LogP contribution in [0.1, 0.15) is 31.0 Å². The molecule has 0 saturated heterocycles. The first-order valence-corrected chi connectivity index (χ1v) is 7.85. The molecule has 0 fully saturated rings. The number of rotatable bonds is 5. The van der Waals surface area contributed by atoms with E-state index in [0.29, 0.717) is 5.75 Å². The van der Waals surface area contributed by atoms with Crippen molar-refractivity contribution in [3.63, 3.8) is 0 Å². The van der Waals surface area contributed by atoms with Gasteiger partial charge < -0.3 is 9.88 Å². The molecule has 5 nitrogen and oxygen atoms in total. The number of aromatic nitrogens is 3. The highest BCUT2D eigenvalue weighted by molar-refractivity contribution is 7.99. The minimum absolute atomic E-state index is 0.0368. The summed E-state index contributed by atoms with van der Waals surface area (Å²) in [4.78, 5) is 12.0. The number of thioether (sulfide) groups is 1. The Bertz CT molecular complexity index is 636. The number of nitrogens with one attached hydrogen (secondary N) is 1. The molecule has 0 aliphatic carbocycles. The Morgan fingerprint density at radius 1 is 1.38 bits per heavy atom. The van der Waals surface area contributed by atoms with Crippen LogP contribution in [0.15, 0.2) is 29.7 Å². The summed E-state index contributed by atoms with van der Waals surface area (Å²) in [5, 5.41) is 11.6. The number of carbonyl (C=O) groups is 1. The summed E-state index contributed by atoms with van der Waals surface area (Å²) in [5.41, 5.74) is 3.11. The molecule has 1 N–H and O–H groups in total. The third kappa shape index (κ3) is 4.07. The van der Waals surface area contributed by atoms with Crippen LogP contribution in [0.25, 0.3) is 0 Å². The molecule has 0 atom stereocenters. The predicted molar refractivity (Wildman–Crippen MR) is 85.7 cm³/mol. The first kappa shape index (κ1) is 15.6. The van der Waals surface area contributed by atoms with Crippen LogP contribution in [-0.4, -0.2) is 26.4 Å². The number of amides is 1. The van der Waals surface area contributed by atoms with Crippen LogP contribution in [0.2, 0.25) is 0 Å². The lowest BCUT2D eigenvalue weighted by molar-refractivity contribution is -0.113. The van der Waals surface area contributed by atoms with E-state index in [9.17, 15) is 4.79 Å². The summed E-state index contributed by atoms with van der Waals surface area (Å²) in [7, 11) is 0. The van der Waals surface area contributed by atoms with Gasteiger partial charge in [0.1, 0.15) is 6.33 Å². The van der Waals surface area contributed by atoms with Crippen LogP contribution in [0, 0.1) is 13.8 Å². The molecule has 2 rings (SSSR count). The van der Waals surface area contributed by atoms with Gasteiger partial charge in [0.15, 0.2) is 5.16 Å². The quantitative estimate of drug-likeness (QED) is 0.862. The molecular formula is C15H20N4OS. The average Bonchev–Trinajstić information content (AvgIpc) is 2.88. The fourth-order valence-electron chi connectivity index (χ4n) is 1.96. The summed E-state index contributed by atoms with van der Waals surface area (Å²) in [6, 6.07) is 6.26. The molecule has 112 valence electrons. The van der Waals surface area contributed by atoms with E-state index in [1.54, 1.807) is 6.33 Å². The second-order valence-electron chi connectivity index (χ2n) is 5.27. The van der Waals surface area contributed by atoms with Crippen LogP contribution in [0.4, 0.5) is 5.69 Å². The Hall–Kier alpha value is -1.82. The minimum Gasteiger partial charge on any atom is -0.325 e. The maximum Gasteiger partial charge on any atom is 0.234 e.